The smallest absolute Gasteiger partial charge is 0.259 e. The molecule has 0 saturated carbocycles. The molecule has 0 bridgehead atoms. The van der Waals surface area contributed by atoms with Gasteiger partial charge in [-0.2, -0.15) is 0 Å². The molecule has 0 aliphatic rings. The van der Waals surface area contributed by atoms with Gasteiger partial charge in [0.05, 0.1) is 5.56 Å². The summed E-state index contributed by atoms with van der Waals surface area (Å²) in [5.74, 6) is -1.09. The molecule has 2 aromatic rings. The van der Waals surface area contributed by atoms with E-state index in [4.69, 9.17) is 5.73 Å². The van der Waals surface area contributed by atoms with Gasteiger partial charge in [0.2, 0.25) is 0 Å². The number of carbonyl (C=O) groups is 1. The number of rotatable bonds is 2. The molecule has 104 valence electrons. The molecular formula is C15H14BrFN2O. The lowest BCUT2D eigenvalue weighted by molar-refractivity contribution is 0.102. The molecule has 0 saturated heterocycles. The lowest BCUT2D eigenvalue weighted by atomic mass is 10.1. The second kappa shape index (κ2) is 5.63. The summed E-state index contributed by atoms with van der Waals surface area (Å²) in [5, 5.41) is 2.69. The molecule has 0 aliphatic carbocycles. The van der Waals surface area contributed by atoms with Crippen LogP contribution in [0, 0.1) is 19.7 Å². The summed E-state index contributed by atoms with van der Waals surface area (Å²) in [6, 6.07) is 7.95. The van der Waals surface area contributed by atoms with Gasteiger partial charge in [0.1, 0.15) is 5.82 Å². The first kappa shape index (κ1) is 14.5. The molecule has 0 spiro atoms. The van der Waals surface area contributed by atoms with Crippen molar-refractivity contribution in [3.05, 3.63) is 57.3 Å². The van der Waals surface area contributed by atoms with Crippen molar-refractivity contribution in [3.63, 3.8) is 0 Å². The highest BCUT2D eigenvalue weighted by Gasteiger charge is 2.16. The van der Waals surface area contributed by atoms with Gasteiger partial charge < -0.3 is 11.1 Å². The van der Waals surface area contributed by atoms with Gasteiger partial charge in [0, 0.05) is 15.8 Å². The van der Waals surface area contributed by atoms with Crippen molar-refractivity contribution in [3.8, 4) is 0 Å². The fourth-order valence-electron chi connectivity index (χ4n) is 1.90. The normalized spacial score (nSPS) is 10.4. The average molecular weight is 337 g/mol. The van der Waals surface area contributed by atoms with E-state index in [2.05, 4.69) is 21.2 Å². The summed E-state index contributed by atoms with van der Waals surface area (Å²) in [4.78, 5) is 12.2. The van der Waals surface area contributed by atoms with Gasteiger partial charge in [-0.25, -0.2) is 4.39 Å². The molecule has 0 aliphatic heterocycles. The number of aryl methyl sites for hydroxylation is 2. The molecule has 3 N–H and O–H groups in total. The largest absolute Gasteiger partial charge is 0.398 e. The maximum Gasteiger partial charge on any atom is 0.259 e. The maximum absolute atomic E-state index is 13.7. The average Bonchev–Trinajstić information content (AvgIpc) is 2.35. The van der Waals surface area contributed by atoms with Crippen LogP contribution in [-0.4, -0.2) is 5.91 Å². The molecule has 0 radical (unpaired) electrons. The summed E-state index contributed by atoms with van der Waals surface area (Å²) in [5.41, 5.74) is 8.78. The minimum atomic E-state index is -0.574. The van der Waals surface area contributed by atoms with Crippen LogP contribution >= 0.6 is 15.9 Å². The highest BCUT2D eigenvalue weighted by molar-refractivity contribution is 9.10. The maximum atomic E-state index is 13.7. The third-order valence-electron chi connectivity index (χ3n) is 3.05. The van der Waals surface area contributed by atoms with E-state index in [1.165, 1.54) is 12.1 Å². The van der Waals surface area contributed by atoms with E-state index >= 15 is 0 Å². The Kier molecular flexibility index (Phi) is 4.09. The Hall–Kier alpha value is -1.88. The second-order valence-electron chi connectivity index (χ2n) is 4.57. The number of carbonyl (C=O) groups excluding carboxylic acids is 1. The standard InChI is InChI=1S/C15H14BrFN2O/c1-8-6-9(2)13(7-12(8)18)19-15(20)14-10(16)4-3-5-11(14)17/h3-7H,18H2,1-2H3,(H,19,20). The minimum Gasteiger partial charge on any atom is -0.398 e. The van der Waals surface area contributed by atoms with Gasteiger partial charge in [-0.3, -0.25) is 4.79 Å². The fraction of sp³-hybridized carbons (Fsp3) is 0.133. The number of nitrogen functional groups attached to an aromatic ring is 1. The number of halogens is 2. The summed E-state index contributed by atoms with van der Waals surface area (Å²) < 4.78 is 14.1. The van der Waals surface area contributed by atoms with Crippen molar-refractivity contribution in [2.75, 3.05) is 11.1 Å². The van der Waals surface area contributed by atoms with Gasteiger partial charge >= 0.3 is 0 Å². The highest BCUT2D eigenvalue weighted by Crippen LogP contribution is 2.25. The quantitative estimate of drug-likeness (QED) is 0.813. The first-order valence-corrected chi connectivity index (χ1v) is 6.81. The van der Waals surface area contributed by atoms with Crippen LogP contribution in [0.5, 0.6) is 0 Å². The van der Waals surface area contributed by atoms with Gasteiger partial charge in [-0.15, -0.1) is 0 Å². The van der Waals surface area contributed by atoms with Gasteiger partial charge in [0.25, 0.3) is 5.91 Å². The van der Waals surface area contributed by atoms with Crippen molar-refractivity contribution >= 4 is 33.2 Å². The van der Waals surface area contributed by atoms with Crippen LogP contribution in [0.2, 0.25) is 0 Å². The molecule has 0 fully saturated rings. The zero-order chi connectivity index (χ0) is 14.9. The van der Waals surface area contributed by atoms with Crippen LogP contribution in [0.15, 0.2) is 34.8 Å². The van der Waals surface area contributed by atoms with Crippen molar-refractivity contribution in [2.45, 2.75) is 13.8 Å². The number of nitrogens with two attached hydrogens (primary N) is 1. The van der Waals surface area contributed by atoms with Crippen LogP contribution in [-0.2, 0) is 0 Å². The predicted octanol–water partition coefficient (Wildman–Crippen LogP) is 4.04. The Balaban J connectivity index is 2.35. The van der Waals surface area contributed by atoms with Crippen LogP contribution < -0.4 is 11.1 Å². The minimum absolute atomic E-state index is 0.0222. The second-order valence-corrected chi connectivity index (χ2v) is 5.43. The molecule has 0 aromatic heterocycles. The van der Waals surface area contributed by atoms with E-state index in [9.17, 15) is 9.18 Å². The van der Waals surface area contributed by atoms with Gasteiger partial charge in [-0.1, -0.05) is 12.1 Å². The number of benzene rings is 2. The van der Waals surface area contributed by atoms with Crippen molar-refractivity contribution in [2.24, 2.45) is 0 Å². The number of anilines is 2. The van der Waals surface area contributed by atoms with E-state index in [0.29, 0.717) is 15.8 Å². The number of hydrogen-bond donors (Lipinski definition) is 2. The molecule has 1 amide bonds. The molecular weight excluding hydrogens is 323 g/mol. The van der Waals surface area contributed by atoms with E-state index in [-0.39, 0.29) is 5.56 Å². The lowest BCUT2D eigenvalue weighted by Crippen LogP contribution is -2.15. The first-order valence-electron chi connectivity index (χ1n) is 6.02. The zero-order valence-corrected chi connectivity index (χ0v) is 12.7. The van der Waals surface area contributed by atoms with Crippen molar-refractivity contribution in [1.82, 2.24) is 0 Å². The number of hydrogen-bond acceptors (Lipinski definition) is 2. The van der Waals surface area contributed by atoms with E-state index in [0.717, 1.165) is 11.1 Å². The number of amides is 1. The molecule has 2 aromatic carbocycles. The Morgan fingerprint density at radius 2 is 1.95 bits per heavy atom. The highest BCUT2D eigenvalue weighted by atomic mass is 79.9. The lowest BCUT2D eigenvalue weighted by Gasteiger charge is -2.12. The van der Waals surface area contributed by atoms with Crippen LogP contribution in [0.25, 0.3) is 0 Å². The molecule has 0 unspecified atom stereocenters. The van der Waals surface area contributed by atoms with Crippen LogP contribution in [0.1, 0.15) is 21.5 Å². The van der Waals surface area contributed by atoms with Crippen LogP contribution in [0.3, 0.4) is 0 Å². The van der Waals surface area contributed by atoms with E-state index in [1.54, 1.807) is 12.1 Å². The van der Waals surface area contributed by atoms with E-state index in [1.807, 2.05) is 19.9 Å². The fourth-order valence-corrected chi connectivity index (χ4v) is 2.43. The monoisotopic (exact) mass is 336 g/mol. The third-order valence-corrected chi connectivity index (χ3v) is 3.71. The Morgan fingerprint density at radius 3 is 2.60 bits per heavy atom. The number of nitrogens with one attached hydrogen (secondary N) is 1. The third kappa shape index (κ3) is 2.82. The summed E-state index contributed by atoms with van der Waals surface area (Å²) >= 11 is 3.18. The SMILES string of the molecule is Cc1cc(C)c(NC(=O)c2c(F)cccc2Br)cc1N. The van der Waals surface area contributed by atoms with Crippen molar-refractivity contribution < 1.29 is 9.18 Å². The molecule has 0 heterocycles. The Labute approximate surface area is 125 Å². The molecule has 2 rings (SSSR count). The molecule has 5 heteroatoms. The summed E-state index contributed by atoms with van der Waals surface area (Å²) in [6.45, 7) is 3.75. The Bertz CT molecular complexity index is 666. The Morgan fingerprint density at radius 1 is 1.25 bits per heavy atom. The topological polar surface area (TPSA) is 55.1 Å². The predicted molar refractivity (Wildman–Crippen MR) is 82.4 cm³/mol. The van der Waals surface area contributed by atoms with Gasteiger partial charge in [0.15, 0.2) is 0 Å². The van der Waals surface area contributed by atoms with E-state index < -0.39 is 11.7 Å². The molecule has 3 nitrogen and oxygen atoms in total. The zero-order valence-electron chi connectivity index (χ0n) is 11.1. The van der Waals surface area contributed by atoms with Gasteiger partial charge in [-0.05, 0) is 59.1 Å². The first-order chi connectivity index (χ1) is 9.40. The molecule has 20 heavy (non-hydrogen) atoms. The van der Waals surface area contributed by atoms with Crippen LogP contribution in [0.4, 0.5) is 15.8 Å². The molecule has 0 atom stereocenters. The van der Waals surface area contributed by atoms with Crippen molar-refractivity contribution in [1.29, 1.82) is 0 Å². The summed E-state index contributed by atoms with van der Waals surface area (Å²) in [7, 11) is 0. The summed E-state index contributed by atoms with van der Waals surface area (Å²) in [6.07, 6.45) is 0.